The molecule has 0 N–H and O–H groups in total. The van der Waals surface area contributed by atoms with Crippen LogP contribution in [-0.2, 0) is 14.3 Å². The molecule has 2 fully saturated rings. The molecule has 1 saturated carbocycles. The van der Waals surface area contributed by atoms with Crippen molar-refractivity contribution in [1.29, 1.82) is 0 Å². The summed E-state index contributed by atoms with van der Waals surface area (Å²) in [6.45, 7) is 7.32. The minimum atomic E-state index is -0.712. The Hall–Kier alpha value is -1.12. The minimum Gasteiger partial charge on any atom is -0.450 e. The van der Waals surface area contributed by atoms with Crippen molar-refractivity contribution in [3.05, 3.63) is 12.7 Å². The summed E-state index contributed by atoms with van der Waals surface area (Å²) >= 11 is 0. The van der Waals surface area contributed by atoms with Crippen molar-refractivity contribution in [2.24, 2.45) is 17.3 Å². The van der Waals surface area contributed by atoms with E-state index in [9.17, 15) is 9.59 Å². The highest BCUT2D eigenvalue weighted by Gasteiger charge is 2.69. The Labute approximate surface area is 76.8 Å². The normalized spacial score (nSPS) is 40.6. The third-order valence-corrected chi connectivity index (χ3v) is 3.13. The van der Waals surface area contributed by atoms with Crippen LogP contribution in [0.1, 0.15) is 13.8 Å². The number of carbonyl (C=O) groups excluding carboxylic acids is 2. The maximum absolute atomic E-state index is 11.6. The summed E-state index contributed by atoms with van der Waals surface area (Å²) in [6.07, 6.45) is 0.681. The molecule has 0 aromatic carbocycles. The van der Waals surface area contributed by atoms with Crippen molar-refractivity contribution in [3.63, 3.8) is 0 Å². The Morgan fingerprint density at radius 2 is 2.00 bits per heavy atom. The molecule has 3 nitrogen and oxygen atoms in total. The molecule has 2 aliphatic rings. The molecule has 13 heavy (non-hydrogen) atoms. The number of hydrogen-bond acceptors (Lipinski definition) is 3. The summed E-state index contributed by atoms with van der Waals surface area (Å²) in [5.41, 5.74) is -0.202. The number of rotatable bonds is 1. The number of hydrogen-bond donors (Lipinski definition) is 0. The first-order valence-corrected chi connectivity index (χ1v) is 4.37. The first-order chi connectivity index (χ1) is 6.00. The molecule has 3 unspecified atom stereocenters. The Morgan fingerprint density at radius 3 is 2.54 bits per heavy atom. The van der Waals surface area contributed by atoms with E-state index < -0.39 is 6.10 Å². The average Bonchev–Trinajstić information content (AvgIpc) is 2.63. The van der Waals surface area contributed by atoms with Gasteiger partial charge < -0.3 is 4.74 Å². The molecule has 0 aromatic rings. The quantitative estimate of drug-likeness (QED) is 0.445. The van der Waals surface area contributed by atoms with Crippen LogP contribution in [0.3, 0.4) is 0 Å². The molecule has 0 amide bonds. The van der Waals surface area contributed by atoms with Crippen LogP contribution in [0.25, 0.3) is 0 Å². The number of esters is 1. The van der Waals surface area contributed by atoms with Gasteiger partial charge in [0, 0.05) is 5.92 Å². The van der Waals surface area contributed by atoms with Crippen molar-refractivity contribution in [2.75, 3.05) is 0 Å². The molecular weight excluding hydrogens is 168 g/mol. The predicted octanol–water partition coefficient (Wildman–Crippen LogP) is 0.939. The Morgan fingerprint density at radius 1 is 1.38 bits per heavy atom. The number of ether oxygens (including phenoxy) is 1. The highest BCUT2D eigenvalue weighted by atomic mass is 16.6. The van der Waals surface area contributed by atoms with Gasteiger partial charge in [-0.15, -0.1) is 0 Å². The van der Waals surface area contributed by atoms with Gasteiger partial charge in [0.2, 0.25) is 0 Å². The number of carbonyl (C=O) groups is 2. The fourth-order valence-corrected chi connectivity index (χ4v) is 2.21. The SMILES string of the molecule is C=CC1OC(=O)C2C(C1=O)C2(C)C. The van der Waals surface area contributed by atoms with Crippen LogP contribution < -0.4 is 0 Å². The highest BCUT2D eigenvalue weighted by Crippen LogP contribution is 2.61. The van der Waals surface area contributed by atoms with Gasteiger partial charge >= 0.3 is 5.97 Å². The van der Waals surface area contributed by atoms with E-state index in [-0.39, 0.29) is 29.0 Å². The number of Topliss-reactive ketones (excluding diaryl/α,β-unsaturated/α-hetero) is 1. The molecule has 0 bridgehead atoms. The summed E-state index contributed by atoms with van der Waals surface area (Å²) in [6, 6.07) is 0. The fraction of sp³-hybridized carbons (Fsp3) is 0.600. The smallest absolute Gasteiger partial charge is 0.311 e. The zero-order valence-corrected chi connectivity index (χ0v) is 7.74. The van der Waals surface area contributed by atoms with Gasteiger partial charge in [-0.25, -0.2) is 0 Å². The van der Waals surface area contributed by atoms with E-state index in [4.69, 9.17) is 4.74 Å². The first kappa shape index (κ1) is 8.48. The third-order valence-electron chi connectivity index (χ3n) is 3.13. The zero-order chi connectivity index (χ0) is 9.80. The van der Waals surface area contributed by atoms with Crippen LogP contribution >= 0.6 is 0 Å². The van der Waals surface area contributed by atoms with Crippen molar-refractivity contribution >= 4 is 11.8 Å². The average molecular weight is 180 g/mol. The maximum Gasteiger partial charge on any atom is 0.311 e. The lowest BCUT2D eigenvalue weighted by molar-refractivity contribution is -0.159. The molecular formula is C10H12O3. The fourth-order valence-electron chi connectivity index (χ4n) is 2.21. The molecule has 1 heterocycles. The van der Waals surface area contributed by atoms with Gasteiger partial charge in [0.15, 0.2) is 11.9 Å². The molecule has 2 rings (SSSR count). The Balaban J connectivity index is 2.29. The monoisotopic (exact) mass is 180 g/mol. The van der Waals surface area contributed by atoms with Crippen molar-refractivity contribution < 1.29 is 14.3 Å². The second-order valence-electron chi connectivity index (χ2n) is 4.27. The van der Waals surface area contributed by atoms with E-state index in [0.717, 1.165) is 0 Å². The molecule has 1 saturated heterocycles. The van der Waals surface area contributed by atoms with Crippen LogP contribution in [0.5, 0.6) is 0 Å². The third kappa shape index (κ3) is 0.900. The summed E-state index contributed by atoms with van der Waals surface area (Å²) in [5.74, 6) is -0.600. The molecule has 0 aromatic heterocycles. The second kappa shape index (κ2) is 2.22. The predicted molar refractivity (Wildman–Crippen MR) is 45.8 cm³/mol. The Kier molecular flexibility index (Phi) is 1.45. The molecule has 0 spiro atoms. The van der Waals surface area contributed by atoms with Crippen LogP contribution in [-0.4, -0.2) is 17.9 Å². The first-order valence-electron chi connectivity index (χ1n) is 4.37. The summed E-state index contributed by atoms with van der Waals surface area (Å²) in [7, 11) is 0. The lowest BCUT2D eigenvalue weighted by Crippen LogP contribution is -2.33. The van der Waals surface area contributed by atoms with Gasteiger partial charge in [-0.05, 0) is 11.5 Å². The van der Waals surface area contributed by atoms with E-state index in [1.54, 1.807) is 0 Å². The summed E-state index contributed by atoms with van der Waals surface area (Å²) in [5, 5.41) is 0. The van der Waals surface area contributed by atoms with Crippen LogP contribution in [0.15, 0.2) is 12.7 Å². The Bertz CT molecular complexity index is 303. The van der Waals surface area contributed by atoms with Crippen LogP contribution in [0.2, 0.25) is 0 Å². The van der Waals surface area contributed by atoms with E-state index in [2.05, 4.69) is 6.58 Å². The lowest BCUT2D eigenvalue weighted by Gasteiger charge is -2.16. The van der Waals surface area contributed by atoms with E-state index in [1.807, 2.05) is 13.8 Å². The number of cyclic esters (lactones) is 1. The van der Waals surface area contributed by atoms with Gasteiger partial charge in [0.25, 0.3) is 0 Å². The summed E-state index contributed by atoms with van der Waals surface area (Å²) < 4.78 is 4.93. The zero-order valence-electron chi connectivity index (χ0n) is 7.74. The van der Waals surface area contributed by atoms with Crippen molar-refractivity contribution in [2.45, 2.75) is 20.0 Å². The van der Waals surface area contributed by atoms with Gasteiger partial charge in [-0.1, -0.05) is 20.4 Å². The standard InChI is InChI=1S/C10H12O3/c1-4-5-8(11)6-7(9(12)13-5)10(6,2)3/h4-7H,1H2,2-3H3. The largest absolute Gasteiger partial charge is 0.450 e. The van der Waals surface area contributed by atoms with E-state index in [0.29, 0.717) is 0 Å². The number of fused-ring (bicyclic) bond motifs is 1. The van der Waals surface area contributed by atoms with Gasteiger partial charge in [0.1, 0.15) is 0 Å². The van der Waals surface area contributed by atoms with E-state index in [1.165, 1.54) is 6.08 Å². The van der Waals surface area contributed by atoms with Crippen molar-refractivity contribution in [3.8, 4) is 0 Å². The maximum atomic E-state index is 11.6. The molecule has 0 radical (unpaired) electrons. The lowest BCUT2D eigenvalue weighted by atomic mass is 10.0. The second-order valence-corrected chi connectivity index (χ2v) is 4.27. The van der Waals surface area contributed by atoms with E-state index >= 15 is 0 Å². The highest BCUT2D eigenvalue weighted by molar-refractivity contribution is 6.01. The molecule has 1 aliphatic carbocycles. The van der Waals surface area contributed by atoms with Gasteiger partial charge in [-0.2, -0.15) is 0 Å². The minimum absolute atomic E-state index is 0.00426. The molecule has 3 heteroatoms. The van der Waals surface area contributed by atoms with Gasteiger partial charge in [-0.3, -0.25) is 9.59 Å². The molecule has 3 atom stereocenters. The summed E-state index contributed by atoms with van der Waals surface area (Å²) in [4.78, 5) is 23.0. The van der Waals surface area contributed by atoms with Crippen molar-refractivity contribution in [1.82, 2.24) is 0 Å². The number of ketones is 1. The van der Waals surface area contributed by atoms with Crippen LogP contribution in [0, 0.1) is 17.3 Å². The van der Waals surface area contributed by atoms with Crippen LogP contribution in [0.4, 0.5) is 0 Å². The van der Waals surface area contributed by atoms with Gasteiger partial charge in [0.05, 0.1) is 5.92 Å². The molecule has 70 valence electrons. The molecule has 1 aliphatic heterocycles. The topological polar surface area (TPSA) is 43.4 Å².